The normalized spacial score (nSPS) is 25.6. The average molecular weight is 440 g/mol. The summed E-state index contributed by atoms with van der Waals surface area (Å²) < 4.78 is 6.85. The summed E-state index contributed by atoms with van der Waals surface area (Å²) in [6.07, 6.45) is 5.24. The van der Waals surface area contributed by atoms with Crippen LogP contribution in [0.5, 0.6) is 0 Å². The van der Waals surface area contributed by atoms with Crippen LogP contribution in [0.1, 0.15) is 35.4 Å². The summed E-state index contributed by atoms with van der Waals surface area (Å²) in [5.74, 6) is 0. The van der Waals surface area contributed by atoms with Gasteiger partial charge >= 0.3 is 0 Å². The van der Waals surface area contributed by atoms with E-state index >= 15 is 0 Å². The van der Waals surface area contributed by atoms with Crippen LogP contribution in [0, 0.1) is 0 Å². The van der Waals surface area contributed by atoms with Crippen LogP contribution in [0.2, 0.25) is 5.02 Å². The molecule has 0 amide bonds. The summed E-state index contributed by atoms with van der Waals surface area (Å²) in [4.78, 5) is 10.3. The van der Waals surface area contributed by atoms with Gasteiger partial charge in [-0.25, -0.2) is 9.98 Å². The van der Waals surface area contributed by atoms with E-state index in [1.54, 1.807) is 11.3 Å². The molecule has 2 atom stereocenters. The molecule has 0 saturated carbocycles. The first kappa shape index (κ1) is 17.3. The second-order valence-corrected chi connectivity index (χ2v) is 8.80. The Kier molecular flexibility index (Phi) is 4.99. The van der Waals surface area contributed by atoms with E-state index < -0.39 is 5.66 Å². The van der Waals surface area contributed by atoms with Gasteiger partial charge in [0.25, 0.3) is 0 Å². The lowest BCUT2D eigenvalue weighted by atomic mass is 9.93. The van der Waals surface area contributed by atoms with E-state index in [0.29, 0.717) is 6.42 Å². The fourth-order valence-corrected chi connectivity index (χ4v) is 5.00. The van der Waals surface area contributed by atoms with Crippen LogP contribution >= 0.6 is 38.9 Å². The number of ether oxygens (including phenoxy) is 1. The van der Waals surface area contributed by atoms with E-state index in [0.717, 1.165) is 50.9 Å². The zero-order chi connectivity index (χ0) is 17.3. The highest BCUT2D eigenvalue weighted by Gasteiger charge is 2.47. The fourth-order valence-electron chi connectivity index (χ4n) is 3.24. The van der Waals surface area contributed by atoms with Crippen LogP contribution in [0.15, 0.2) is 43.4 Å². The van der Waals surface area contributed by atoms with Crippen LogP contribution in [0.4, 0.5) is 0 Å². The van der Waals surface area contributed by atoms with E-state index in [4.69, 9.17) is 16.3 Å². The average Bonchev–Trinajstić information content (AvgIpc) is 3.25. The molecule has 0 spiro atoms. The van der Waals surface area contributed by atoms with Crippen molar-refractivity contribution in [3.05, 3.63) is 49.3 Å². The molecule has 2 aromatic rings. The van der Waals surface area contributed by atoms with E-state index in [-0.39, 0.29) is 6.10 Å². The van der Waals surface area contributed by atoms with Crippen LogP contribution < -0.4 is 0 Å². The van der Waals surface area contributed by atoms with E-state index in [1.807, 2.05) is 24.3 Å². The number of nitrogens with zero attached hydrogens (tertiary/aromatic N) is 4. The van der Waals surface area contributed by atoms with Crippen molar-refractivity contribution in [3.8, 4) is 0 Å². The molecule has 2 unspecified atom stereocenters. The summed E-state index contributed by atoms with van der Waals surface area (Å²) in [5.41, 5.74) is 1.29. The summed E-state index contributed by atoms with van der Waals surface area (Å²) in [6, 6.07) is 7.82. The maximum absolute atomic E-state index is 6.03. The third-order valence-electron chi connectivity index (χ3n) is 4.44. The van der Waals surface area contributed by atoms with E-state index in [1.165, 1.54) is 6.34 Å². The highest BCUT2D eigenvalue weighted by atomic mass is 79.9. The first-order valence-corrected chi connectivity index (χ1v) is 10.1. The number of benzene rings is 1. The van der Waals surface area contributed by atoms with Crippen LogP contribution in [-0.2, 0) is 16.8 Å². The van der Waals surface area contributed by atoms with Gasteiger partial charge in [-0.15, -0.1) is 21.6 Å². The molecule has 2 aliphatic heterocycles. The Morgan fingerprint density at radius 3 is 2.80 bits per heavy atom. The number of halogens is 2. The van der Waals surface area contributed by atoms with Crippen LogP contribution in [0.3, 0.4) is 0 Å². The minimum atomic E-state index is -0.800. The Morgan fingerprint density at radius 1 is 1.28 bits per heavy atom. The molecule has 25 heavy (non-hydrogen) atoms. The lowest BCUT2D eigenvalue weighted by Crippen LogP contribution is -2.39. The Morgan fingerprint density at radius 2 is 2.12 bits per heavy atom. The van der Waals surface area contributed by atoms with Gasteiger partial charge in [0, 0.05) is 18.1 Å². The molecule has 0 bridgehead atoms. The highest BCUT2D eigenvalue weighted by Crippen LogP contribution is 2.45. The third-order valence-corrected chi connectivity index (χ3v) is 6.35. The molecule has 5 nitrogen and oxygen atoms in total. The van der Waals surface area contributed by atoms with Crippen molar-refractivity contribution < 1.29 is 4.74 Å². The molecule has 0 N–H and O–H groups in total. The number of aliphatic imine (C=N–C) groups is 1. The lowest BCUT2D eigenvalue weighted by Gasteiger charge is -2.33. The minimum Gasteiger partial charge on any atom is -0.373 e. The van der Waals surface area contributed by atoms with E-state index in [9.17, 15) is 0 Å². The maximum Gasteiger partial charge on any atom is 0.234 e. The lowest BCUT2D eigenvalue weighted by molar-refractivity contribution is -0.0308. The highest BCUT2D eigenvalue weighted by molar-refractivity contribution is 9.11. The van der Waals surface area contributed by atoms with Crippen molar-refractivity contribution in [1.82, 2.24) is 4.98 Å². The first-order valence-electron chi connectivity index (χ1n) is 8.15. The summed E-state index contributed by atoms with van der Waals surface area (Å²) >= 11 is 11.1. The second-order valence-electron chi connectivity index (χ2n) is 6.09. The molecule has 1 fully saturated rings. The molecule has 4 rings (SSSR count). The van der Waals surface area contributed by atoms with Gasteiger partial charge in [-0.05, 0) is 52.9 Å². The topological polar surface area (TPSA) is 59.2 Å². The zero-order valence-corrected chi connectivity index (χ0v) is 16.5. The van der Waals surface area contributed by atoms with Gasteiger partial charge in [0.05, 0.1) is 10.6 Å². The molecule has 3 heterocycles. The Balaban J connectivity index is 1.72. The maximum atomic E-state index is 6.03. The van der Waals surface area contributed by atoms with Gasteiger partial charge < -0.3 is 4.74 Å². The van der Waals surface area contributed by atoms with Crippen molar-refractivity contribution in [2.75, 3.05) is 6.61 Å². The van der Waals surface area contributed by atoms with Gasteiger partial charge in [-0.2, -0.15) is 0 Å². The van der Waals surface area contributed by atoms with Crippen LogP contribution in [-0.4, -0.2) is 24.0 Å². The Bertz CT molecular complexity index is 803. The predicted octanol–water partition coefficient (Wildman–Crippen LogP) is 5.37. The summed E-state index contributed by atoms with van der Waals surface area (Å²) in [7, 11) is 0. The molecular weight excluding hydrogens is 424 g/mol. The summed E-state index contributed by atoms with van der Waals surface area (Å²) in [6.45, 7) is 0.740. The van der Waals surface area contributed by atoms with Crippen molar-refractivity contribution in [2.45, 2.75) is 37.5 Å². The molecule has 130 valence electrons. The monoisotopic (exact) mass is 438 g/mol. The molecule has 1 saturated heterocycles. The number of hydrogen-bond donors (Lipinski definition) is 0. The quantitative estimate of drug-likeness (QED) is 0.643. The number of azo groups is 1. The van der Waals surface area contributed by atoms with Gasteiger partial charge in [0.2, 0.25) is 5.66 Å². The van der Waals surface area contributed by atoms with Gasteiger partial charge in [0.15, 0.2) is 3.92 Å². The van der Waals surface area contributed by atoms with Gasteiger partial charge in [-0.3, -0.25) is 0 Å². The summed E-state index contributed by atoms with van der Waals surface area (Å²) in [5, 5.41) is 9.28. The first-order chi connectivity index (χ1) is 12.2. The van der Waals surface area contributed by atoms with Gasteiger partial charge in [0.1, 0.15) is 12.4 Å². The number of thiazole rings is 1. The van der Waals surface area contributed by atoms with Crippen molar-refractivity contribution in [1.29, 1.82) is 0 Å². The SMILES string of the molecule is Clc1ccc(Cc2nc(Br)sc2C2(C3CCCCO3)N=CN=N2)cc1. The Labute approximate surface area is 163 Å². The molecular formula is C17H16BrClN4OS. The minimum absolute atomic E-state index is 0.0972. The molecule has 0 aliphatic carbocycles. The number of aromatic nitrogens is 1. The Hall–Kier alpha value is -1.15. The van der Waals surface area contributed by atoms with E-state index in [2.05, 4.69) is 36.1 Å². The molecule has 1 aromatic heterocycles. The predicted molar refractivity (Wildman–Crippen MR) is 103 cm³/mol. The van der Waals surface area contributed by atoms with Crippen molar-refractivity contribution in [2.24, 2.45) is 15.2 Å². The standard InChI is InChI=1S/C17H16BrClN4OS/c18-16-22-13(9-11-4-6-12(19)7-5-11)15(25-16)17(20-10-21-23-17)14-3-1-2-8-24-14/h4-7,10,14H,1-3,8-9H2. The van der Waals surface area contributed by atoms with Crippen molar-refractivity contribution in [3.63, 3.8) is 0 Å². The number of rotatable bonds is 4. The van der Waals surface area contributed by atoms with Gasteiger partial charge in [-0.1, -0.05) is 23.7 Å². The number of hydrogen-bond acceptors (Lipinski definition) is 6. The molecule has 2 aliphatic rings. The van der Waals surface area contributed by atoms with Crippen LogP contribution in [0.25, 0.3) is 0 Å². The third kappa shape index (κ3) is 3.43. The molecule has 0 radical (unpaired) electrons. The molecule has 8 heteroatoms. The second kappa shape index (κ2) is 7.23. The fraction of sp³-hybridized carbons (Fsp3) is 0.412. The van der Waals surface area contributed by atoms with Crippen molar-refractivity contribution >= 4 is 45.2 Å². The smallest absolute Gasteiger partial charge is 0.234 e. The zero-order valence-electron chi connectivity index (χ0n) is 13.4. The largest absolute Gasteiger partial charge is 0.373 e. The molecule has 1 aromatic carbocycles.